The van der Waals surface area contributed by atoms with Crippen molar-refractivity contribution in [3.05, 3.63) is 41.5 Å². The lowest BCUT2D eigenvalue weighted by Gasteiger charge is -2.22. The van der Waals surface area contributed by atoms with Crippen LogP contribution in [0.3, 0.4) is 0 Å². The summed E-state index contributed by atoms with van der Waals surface area (Å²) in [5.41, 5.74) is 6.06. The van der Waals surface area contributed by atoms with Crippen LogP contribution in [0, 0.1) is 5.92 Å². The van der Waals surface area contributed by atoms with Crippen molar-refractivity contribution in [1.82, 2.24) is 5.43 Å². The molecule has 6 heteroatoms. The molecule has 2 rings (SSSR count). The Bertz CT molecular complexity index is 740. The summed E-state index contributed by atoms with van der Waals surface area (Å²) in [5, 5.41) is 4.32. The minimum Gasteiger partial charge on any atom is -0.493 e. The summed E-state index contributed by atoms with van der Waals surface area (Å²) in [6.45, 7) is 8.04. The average molecular weight is 358 g/mol. The van der Waals surface area contributed by atoms with Gasteiger partial charge in [0.2, 0.25) is 5.75 Å². The Morgan fingerprint density at radius 3 is 2.31 bits per heavy atom. The smallest absolute Gasteiger partial charge is 0.271 e. The first kappa shape index (κ1) is 19.6. The molecular weight excluding hydrogens is 332 g/mol. The fourth-order valence-corrected chi connectivity index (χ4v) is 2.82. The zero-order valence-corrected chi connectivity index (χ0v) is 16.0. The lowest BCUT2D eigenvalue weighted by Crippen LogP contribution is -2.23. The van der Waals surface area contributed by atoms with E-state index in [0.29, 0.717) is 28.7 Å². The van der Waals surface area contributed by atoms with Gasteiger partial charge in [0, 0.05) is 5.56 Å². The zero-order chi connectivity index (χ0) is 19.3. The van der Waals surface area contributed by atoms with Gasteiger partial charge in [-0.25, -0.2) is 5.43 Å². The van der Waals surface area contributed by atoms with Crippen LogP contribution in [0.5, 0.6) is 17.2 Å². The van der Waals surface area contributed by atoms with E-state index < -0.39 is 0 Å². The number of hydrogen-bond donors (Lipinski definition) is 1. The van der Waals surface area contributed by atoms with Crippen molar-refractivity contribution in [3.8, 4) is 17.2 Å². The molecule has 0 spiro atoms. The van der Waals surface area contributed by atoms with Crippen molar-refractivity contribution in [2.45, 2.75) is 26.7 Å². The number of rotatable bonds is 6. The Hall–Kier alpha value is -2.76. The van der Waals surface area contributed by atoms with Crippen molar-refractivity contribution >= 4 is 11.6 Å². The Morgan fingerprint density at radius 2 is 1.81 bits per heavy atom. The number of carbonyl (C=O) groups is 1. The molecule has 0 aliphatic heterocycles. The molecule has 1 aromatic carbocycles. The highest BCUT2D eigenvalue weighted by atomic mass is 16.5. The molecule has 6 nitrogen and oxygen atoms in total. The molecule has 0 radical (unpaired) electrons. The van der Waals surface area contributed by atoms with Gasteiger partial charge < -0.3 is 14.2 Å². The molecule has 140 valence electrons. The van der Waals surface area contributed by atoms with Crippen LogP contribution in [0.4, 0.5) is 0 Å². The van der Waals surface area contributed by atoms with Crippen molar-refractivity contribution in [2.75, 3.05) is 21.3 Å². The first-order chi connectivity index (χ1) is 12.4. The summed E-state index contributed by atoms with van der Waals surface area (Å²) in [6.07, 6.45) is 3.86. The summed E-state index contributed by atoms with van der Waals surface area (Å²) < 4.78 is 15.8. The lowest BCUT2D eigenvalue weighted by atomic mass is 9.85. The molecule has 1 N–H and O–H groups in total. The summed E-state index contributed by atoms with van der Waals surface area (Å²) >= 11 is 0. The molecule has 1 amide bonds. The molecule has 0 unspecified atom stereocenters. The van der Waals surface area contributed by atoms with E-state index in [9.17, 15) is 4.79 Å². The molecule has 0 aromatic heterocycles. The second-order valence-electron chi connectivity index (χ2n) is 6.28. The number of hydrazone groups is 1. The van der Waals surface area contributed by atoms with Crippen LogP contribution in [0.15, 0.2) is 41.0 Å². The van der Waals surface area contributed by atoms with Gasteiger partial charge in [-0.3, -0.25) is 4.79 Å². The van der Waals surface area contributed by atoms with Crippen molar-refractivity contribution < 1.29 is 19.0 Å². The topological polar surface area (TPSA) is 69.2 Å². The third kappa shape index (κ3) is 4.25. The Kier molecular flexibility index (Phi) is 6.44. The number of carbonyl (C=O) groups excluding carboxylic acids is 1. The normalized spacial score (nSPS) is 18.1. The van der Waals surface area contributed by atoms with Gasteiger partial charge in [0.05, 0.1) is 27.0 Å². The van der Waals surface area contributed by atoms with E-state index >= 15 is 0 Å². The molecule has 0 heterocycles. The molecule has 26 heavy (non-hydrogen) atoms. The molecular formula is C20H26N2O4. The van der Waals surface area contributed by atoms with Gasteiger partial charge in [0.15, 0.2) is 11.5 Å². The molecule has 0 bridgehead atoms. The lowest BCUT2D eigenvalue weighted by molar-refractivity contribution is 0.0954. The van der Waals surface area contributed by atoms with Crippen LogP contribution in [0.25, 0.3) is 0 Å². The second kappa shape index (κ2) is 8.56. The van der Waals surface area contributed by atoms with Crippen LogP contribution in [-0.2, 0) is 0 Å². The van der Waals surface area contributed by atoms with Crippen LogP contribution >= 0.6 is 0 Å². The van der Waals surface area contributed by atoms with E-state index in [1.165, 1.54) is 21.3 Å². The first-order valence-corrected chi connectivity index (χ1v) is 8.40. The number of nitrogens with one attached hydrogen (secondary N) is 1. The largest absolute Gasteiger partial charge is 0.493 e. The third-order valence-corrected chi connectivity index (χ3v) is 4.52. The van der Waals surface area contributed by atoms with Crippen molar-refractivity contribution in [1.29, 1.82) is 0 Å². The van der Waals surface area contributed by atoms with E-state index in [4.69, 9.17) is 14.2 Å². The molecule has 1 aromatic rings. The number of amides is 1. The minimum absolute atomic E-state index is 0.345. The van der Waals surface area contributed by atoms with Crippen LogP contribution in [-0.4, -0.2) is 32.9 Å². The number of nitrogens with zero attached hydrogens (tertiary/aromatic N) is 1. The van der Waals surface area contributed by atoms with Gasteiger partial charge in [-0.15, -0.1) is 0 Å². The Morgan fingerprint density at radius 1 is 1.19 bits per heavy atom. The van der Waals surface area contributed by atoms with Crippen molar-refractivity contribution in [3.63, 3.8) is 0 Å². The zero-order valence-electron chi connectivity index (χ0n) is 16.0. The highest BCUT2D eigenvalue weighted by molar-refractivity contribution is 6.02. The van der Waals surface area contributed by atoms with Gasteiger partial charge in [-0.2, -0.15) is 5.10 Å². The maximum atomic E-state index is 12.5. The molecule has 0 fully saturated rings. The first-order valence-electron chi connectivity index (χ1n) is 8.40. The van der Waals surface area contributed by atoms with Gasteiger partial charge in [0.25, 0.3) is 5.91 Å². The third-order valence-electron chi connectivity index (χ3n) is 4.52. The maximum absolute atomic E-state index is 12.5. The van der Waals surface area contributed by atoms with E-state index in [1.54, 1.807) is 12.1 Å². The summed E-state index contributed by atoms with van der Waals surface area (Å²) in [5.74, 6) is 1.28. The van der Waals surface area contributed by atoms with E-state index in [2.05, 4.69) is 23.2 Å². The van der Waals surface area contributed by atoms with E-state index in [-0.39, 0.29) is 5.91 Å². The SMILES string of the molecule is C=C(C)[C@@H]1CC=C(C)/C(=N/NC(=O)c2cc(OC)c(OC)c(OC)c2)C1. The maximum Gasteiger partial charge on any atom is 0.271 e. The monoisotopic (exact) mass is 358 g/mol. The van der Waals surface area contributed by atoms with Gasteiger partial charge in [-0.1, -0.05) is 18.2 Å². The van der Waals surface area contributed by atoms with Crippen LogP contribution in [0.1, 0.15) is 37.0 Å². The average Bonchev–Trinajstić information content (AvgIpc) is 2.65. The van der Waals surface area contributed by atoms with Gasteiger partial charge in [0.1, 0.15) is 0 Å². The molecule has 0 saturated carbocycles. The number of hydrogen-bond acceptors (Lipinski definition) is 5. The van der Waals surface area contributed by atoms with Crippen LogP contribution < -0.4 is 19.6 Å². The van der Waals surface area contributed by atoms with Gasteiger partial charge in [-0.05, 0) is 50.3 Å². The summed E-state index contributed by atoms with van der Waals surface area (Å²) in [7, 11) is 4.53. The molecule has 0 saturated heterocycles. The second-order valence-corrected chi connectivity index (χ2v) is 6.28. The predicted molar refractivity (Wildman–Crippen MR) is 102 cm³/mol. The van der Waals surface area contributed by atoms with Crippen molar-refractivity contribution in [2.24, 2.45) is 11.0 Å². The number of allylic oxidation sites excluding steroid dienone is 3. The van der Waals surface area contributed by atoms with E-state index in [0.717, 1.165) is 29.7 Å². The fraction of sp³-hybridized carbons (Fsp3) is 0.400. The highest BCUT2D eigenvalue weighted by Crippen LogP contribution is 2.38. The molecule has 1 aliphatic carbocycles. The summed E-state index contributed by atoms with van der Waals surface area (Å²) in [6, 6.07) is 3.19. The Labute approximate surface area is 154 Å². The van der Waals surface area contributed by atoms with E-state index in [1.807, 2.05) is 13.8 Å². The minimum atomic E-state index is -0.345. The standard InChI is InChI=1S/C20H26N2O4/c1-12(2)14-8-7-13(3)16(9-14)21-22-20(23)15-10-17(24-4)19(26-6)18(11-15)25-5/h7,10-11,14H,1,8-9H2,2-6H3,(H,22,23)/b21-16+/t14-/m1/s1. The van der Waals surface area contributed by atoms with Crippen LogP contribution in [0.2, 0.25) is 0 Å². The Balaban J connectivity index is 2.23. The summed E-state index contributed by atoms with van der Waals surface area (Å²) in [4.78, 5) is 12.5. The number of benzene rings is 1. The quantitative estimate of drug-likeness (QED) is 0.621. The fourth-order valence-electron chi connectivity index (χ4n) is 2.82. The van der Waals surface area contributed by atoms with Gasteiger partial charge >= 0.3 is 0 Å². The predicted octanol–water partition coefficient (Wildman–Crippen LogP) is 3.73. The highest BCUT2D eigenvalue weighted by Gasteiger charge is 2.20. The number of ether oxygens (including phenoxy) is 3. The number of methoxy groups -OCH3 is 3. The molecule has 1 atom stereocenters. The molecule has 1 aliphatic rings.